The smallest absolute Gasteiger partial charge is 0.146 e. The number of benzene rings is 2. The van der Waals surface area contributed by atoms with Crippen molar-refractivity contribution in [3.8, 4) is 11.5 Å². The fraction of sp³-hybridized carbons (Fsp3) is 0.200. The molecular formula is C15H15ClO2. The number of hydrogen-bond donors (Lipinski definition) is 1. The normalized spacial score (nSPS) is 10.4. The number of aliphatic hydroxyl groups excluding tert-OH is 1. The number of halogens is 1. The van der Waals surface area contributed by atoms with E-state index in [-0.39, 0.29) is 6.61 Å². The van der Waals surface area contributed by atoms with Crippen LogP contribution >= 0.6 is 11.6 Å². The van der Waals surface area contributed by atoms with Crippen molar-refractivity contribution in [2.24, 2.45) is 0 Å². The standard InChI is InChI=1S/C15H15ClO2/c1-2-12-5-3-4-6-14(12)18-15-8-7-11(10-17)9-13(15)16/h3-9,17H,2,10H2,1H3. The van der Waals surface area contributed by atoms with Gasteiger partial charge in [-0.1, -0.05) is 42.8 Å². The molecule has 0 saturated carbocycles. The topological polar surface area (TPSA) is 29.5 Å². The van der Waals surface area contributed by atoms with Crippen LogP contribution in [0, 0.1) is 0 Å². The average Bonchev–Trinajstić information content (AvgIpc) is 2.41. The van der Waals surface area contributed by atoms with E-state index in [2.05, 4.69) is 6.92 Å². The van der Waals surface area contributed by atoms with Crippen molar-refractivity contribution in [1.82, 2.24) is 0 Å². The van der Waals surface area contributed by atoms with Crippen molar-refractivity contribution in [2.45, 2.75) is 20.0 Å². The SMILES string of the molecule is CCc1ccccc1Oc1ccc(CO)cc1Cl. The zero-order valence-corrected chi connectivity index (χ0v) is 10.9. The van der Waals surface area contributed by atoms with E-state index in [1.807, 2.05) is 24.3 Å². The number of aryl methyl sites for hydroxylation is 1. The molecular weight excluding hydrogens is 248 g/mol. The maximum Gasteiger partial charge on any atom is 0.146 e. The lowest BCUT2D eigenvalue weighted by molar-refractivity contribution is 0.281. The summed E-state index contributed by atoms with van der Waals surface area (Å²) in [4.78, 5) is 0. The zero-order valence-electron chi connectivity index (χ0n) is 10.2. The van der Waals surface area contributed by atoms with E-state index in [0.29, 0.717) is 10.8 Å². The first-order chi connectivity index (χ1) is 8.74. The lowest BCUT2D eigenvalue weighted by atomic mass is 10.1. The molecule has 94 valence electrons. The third-order valence-corrected chi connectivity index (χ3v) is 3.05. The van der Waals surface area contributed by atoms with Gasteiger partial charge in [0.25, 0.3) is 0 Å². The van der Waals surface area contributed by atoms with Gasteiger partial charge in [-0.15, -0.1) is 0 Å². The summed E-state index contributed by atoms with van der Waals surface area (Å²) in [6.07, 6.45) is 0.905. The van der Waals surface area contributed by atoms with Gasteiger partial charge in [0.05, 0.1) is 11.6 Å². The van der Waals surface area contributed by atoms with Gasteiger partial charge in [0.1, 0.15) is 11.5 Å². The Morgan fingerprint density at radius 1 is 1.11 bits per heavy atom. The van der Waals surface area contributed by atoms with Crippen LogP contribution in [-0.4, -0.2) is 5.11 Å². The highest BCUT2D eigenvalue weighted by Gasteiger charge is 2.06. The fourth-order valence-corrected chi connectivity index (χ4v) is 1.98. The molecule has 0 aliphatic rings. The van der Waals surface area contributed by atoms with Gasteiger partial charge in [0.15, 0.2) is 0 Å². The van der Waals surface area contributed by atoms with Crippen LogP contribution in [0.1, 0.15) is 18.1 Å². The molecule has 0 aromatic heterocycles. The van der Waals surface area contributed by atoms with Crippen molar-refractivity contribution in [3.05, 3.63) is 58.6 Å². The van der Waals surface area contributed by atoms with E-state index in [9.17, 15) is 0 Å². The number of hydrogen-bond acceptors (Lipinski definition) is 2. The van der Waals surface area contributed by atoms with Gasteiger partial charge in [-0.2, -0.15) is 0 Å². The highest BCUT2D eigenvalue weighted by Crippen LogP contribution is 2.32. The van der Waals surface area contributed by atoms with Gasteiger partial charge < -0.3 is 9.84 Å². The second kappa shape index (κ2) is 5.89. The van der Waals surface area contributed by atoms with Crippen LogP contribution in [0.25, 0.3) is 0 Å². The molecule has 0 spiro atoms. The second-order valence-electron chi connectivity index (χ2n) is 3.99. The van der Waals surface area contributed by atoms with E-state index in [1.54, 1.807) is 18.2 Å². The zero-order chi connectivity index (χ0) is 13.0. The molecule has 0 radical (unpaired) electrons. The van der Waals surface area contributed by atoms with Gasteiger partial charge in [-0.05, 0) is 35.7 Å². The molecule has 0 amide bonds. The molecule has 2 rings (SSSR count). The minimum absolute atomic E-state index is 0.0223. The summed E-state index contributed by atoms with van der Waals surface area (Å²) in [5, 5.41) is 9.53. The number of rotatable bonds is 4. The molecule has 3 heteroatoms. The molecule has 0 bridgehead atoms. The lowest BCUT2D eigenvalue weighted by Crippen LogP contribution is -1.91. The highest BCUT2D eigenvalue weighted by molar-refractivity contribution is 6.32. The van der Waals surface area contributed by atoms with Crippen molar-refractivity contribution in [2.75, 3.05) is 0 Å². The minimum atomic E-state index is -0.0223. The van der Waals surface area contributed by atoms with Gasteiger partial charge in [0.2, 0.25) is 0 Å². The summed E-state index contributed by atoms with van der Waals surface area (Å²) >= 11 is 6.12. The summed E-state index contributed by atoms with van der Waals surface area (Å²) in [5.74, 6) is 1.42. The lowest BCUT2D eigenvalue weighted by Gasteiger charge is -2.11. The first-order valence-electron chi connectivity index (χ1n) is 5.89. The summed E-state index contributed by atoms with van der Waals surface area (Å²) in [5.41, 5.74) is 1.91. The Balaban J connectivity index is 2.28. The molecule has 0 aliphatic heterocycles. The molecule has 2 aromatic rings. The van der Waals surface area contributed by atoms with Crippen molar-refractivity contribution >= 4 is 11.6 Å². The predicted octanol–water partition coefficient (Wildman–Crippen LogP) is 4.19. The van der Waals surface area contributed by atoms with Gasteiger partial charge in [-0.3, -0.25) is 0 Å². The molecule has 0 heterocycles. The Hall–Kier alpha value is -1.51. The number of ether oxygens (including phenoxy) is 1. The van der Waals surface area contributed by atoms with Gasteiger partial charge >= 0.3 is 0 Å². The van der Waals surface area contributed by atoms with Crippen molar-refractivity contribution < 1.29 is 9.84 Å². The molecule has 2 aromatic carbocycles. The van der Waals surface area contributed by atoms with Crippen molar-refractivity contribution in [1.29, 1.82) is 0 Å². The summed E-state index contributed by atoms with van der Waals surface area (Å²) in [7, 11) is 0. The van der Waals surface area contributed by atoms with Crippen LogP contribution in [0.2, 0.25) is 5.02 Å². The van der Waals surface area contributed by atoms with Gasteiger partial charge in [0, 0.05) is 0 Å². The molecule has 0 unspecified atom stereocenters. The first kappa shape index (κ1) is 12.9. The molecule has 18 heavy (non-hydrogen) atoms. The van der Waals surface area contributed by atoms with Crippen LogP contribution < -0.4 is 4.74 Å². The second-order valence-corrected chi connectivity index (χ2v) is 4.39. The van der Waals surface area contributed by atoms with Crippen LogP contribution in [0.5, 0.6) is 11.5 Å². The number of aliphatic hydroxyl groups is 1. The minimum Gasteiger partial charge on any atom is -0.456 e. The Kier molecular flexibility index (Phi) is 4.24. The molecule has 0 atom stereocenters. The Morgan fingerprint density at radius 3 is 2.56 bits per heavy atom. The monoisotopic (exact) mass is 262 g/mol. The van der Waals surface area contributed by atoms with E-state index in [4.69, 9.17) is 21.4 Å². The van der Waals surface area contributed by atoms with Crippen LogP contribution in [0.15, 0.2) is 42.5 Å². The van der Waals surface area contributed by atoms with E-state index >= 15 is 0 Å². The molecule has 0 aliphatic carbocycles. The average molecular weight is 263 g/mol. The fourth-order valence-electron chi connectivity index (χ4n) is 1.74. The van der Waals surface area contributed by atoms with E-state index in [0.717, 1.165) is 23.3 Å². The summed E-state index contributed by atoms with van der Waals surface area (Å²) in [6, 6.07) is 13.2. The number of para-hydroxylation sites is 1. The van der Waals surface area contributed by atoms with Crippen LogP contribution in [0.3, 0.4) is 0 Å². The Labute approximate surface area is 112 Å². The largest absolute Gasteiger partial charge is 0.456 e. The molecule has 0 fully saturated rings. The summed E-state index contributed by atoms with van der Waals surface area (Å²) < 4.78 is 5.82. The van der Waals surface area contributed by atoms with Crippen molar-refractivity contribution in [3.63, 3.8) is 0 Å². The van der Waals surface area contributed by atoms with E-state index in [1.165, 1.54) is 0 Å². The summed E-state index contributed by atoms with van der Waals surface area (Å²) in [6.45, 7) is 2.06. The maximum absolute atomic E-state index is 9.03. The van der Waals surface area contributed by atoms with Crippen LogP contribution in [-0.2, 0) is 13.0 Å². The van der Waals surface area contributed by atoms with Crippen LogP contribution in [0.4, 0.5) is 0 Å². The Bertz CT molecular complexity index is 538. The highest BCUT2D eigenvalue weighted by atomic mass is 35.5. The Morgan fingerprint density at radius 2 is 1.89 bits per heavy atom. The molecule has 1 N–H and O–H groups in total. The third kappa shape index (κ3) is 2.84. The first-order valence-corrected chi connectivity index (χ1v) is 6.27. The molecule has 0 saturated heterocycles. The molecule has 2 nitrogen and oxygen atoms in total. The predicted molar refractivity (Wildman–Crippen MR) is 73.3 cm³/mol. The van der Waals surface area contributed by atoms with E-state index < -0.39 is 0 Å². The maximum atomic E-state index is 9.03. The quantitative estimate of drug-likeness (QED) is 0.895. The van der Waals surface area contributed by atoms with Gasteiger partial charge in [-0.25, -0.2) is 0 Å². The third-order valence-electron chi connectivity index (χ3n) is 2.75.